The van der Waals surface area contributed by atoms with Gasteiger partial charge in [-0.05, 0) is 12.1 Å². The molecule has 1 N–H and O–H groups in total. The summed E-state index contributed by atoms with van der Waals surface area (Å²) < 4.78 is 35.5. The van der Waals surface area contributed by atoms with Crippen LogP contribution < -0.4 is 5.32 Å². The highest BCUT2D eigenvalue weighted by molar-refractivity contribution is 6.33. The minimum absolute atomic E-state index is 0.111. The molecule has 1 rings (SSSR count). The summed E-state index contributed by atoms with van der Waals surface area (Å²) >= 11 is 10.8. The number of nitrogens with one attached hydrogen (secondary N) is 1. The third-order valence-corrected chi connectivity index (χ3v) is 1.67. The Balaban J connectivity index is 2.86. The van der Waals surface area contributed by atoms with Crippen molar-refractivity contribution in [2.75, 3.05) is 5.32 Å². The number of anilines is 1. The van der Waals surface area contributed by atoms with Crippen molar-refractivity contribution in [3.05, 3.63) is 22.4 Å². The first-order valence-electron chi connectivity index (χ1n) is 3.50. The van der Waals surface area contributed by atoms with Gasteiger partial charge in [0.05, 0.1) is 0 Å². The lowest BCUT2D eigenvalue weighted by Crippen LogP contribution is -2.29. The van der Waals surface area contributed by atoms with Gasteiger partial charge in [-0.2, -0.15) is 13.2 Å². The van der Waals surface area contributed by atoms with Gasteiger partial charge in [-0.15, -0.1) is 0 Å². The van der Waals surface area contributed by atoms with Crippen LogP contribution in [0.5, 0.6) is 0 Å². The van der Waals surface area contributed by atoms with Gasteiger partial charge in [0.25, 0.3) is 0 Å². The number of hydrogen-bond acceptors (Lipinski definition) is 2. The fraction of sp³-hybridized carbons (Fsp3) is 0.143. The van der Waals surface area contributed by atoms with Crippen LogP contribution in [-0.2, 0) is 4.79 Å². The molecule has 0 saturated carbocycles. The highest BCUT2D eigenvalue weighted by Crippen LogP contribution is 2.22. The van der Waals surface area contributed by atoms with E-state index >= 15 is 0 Å². The zero-order chi connectivity index (χ0) is 11.6. The number of aromatic nitrogens is 1. The molecule has 0 aliphatic rings. The van der Waals surface area contributed by atoms with Crippen LogP contribution in [0, 0.1) is 0 Å². The third kappa shape index (κ3) is 3.56. The first-order valence-corrected chi connectivity index (χ1v) is 4.26. The third-order valence-electron chi connectivity index (χ3n) is 1.28. The summed E-state index contributed by atoms with van der Waals surface area (Å²) in [5.41, 5.74) is -0.165. The summed E-state index contributed by atoms with van der Waals surface area (Å²) in [5.74, 6) is -2.10. The average molecular weight is 259 g/mol. The van der Waals surface area contributed by atoms with Crippen molar-refractivity contribution in [2.45, 2.75) is 6.18 Å². The highest BCUT2D eigenvalue weighted by atomic mass is 35.5. The largest absolute Gasteiger partial charge is 0.471 e. The Morgan fingerprint density at radius 1 is 1.27 bits per heavy atom. The zero-order valence-electron chi connectivity index (χ0n) is 6.90. The Morgan fingerprint density at radius 3 is 2.13 bits per heavy atom. The van der Waals surface area contributed by atoms with Crippen LogP contribution in [0.4, 0.5) is 18.9 Å². The number of nitrogens with zero attached hydrogens (tertiary/aromatic N) is 1. The molecular formula is C7H3Cl2F3N2O. The smallest absolute Gasteiger partial charge is 0.318 e. The highest BCUT2D eigenvalue weighted by Gasteiger charge is 2.38. The van der Waals surface area contributed by atoms with Gasteiger partial charge in [0.2, 0.25) is 0 Å². The standard InChI is InChI=1S/C7H3Cl2F3N2O/c8-4-1-3(2-5(9)14-4)13-6(15)7(10,11)12/h1-2H,(H,13,14,15). The summed E-state index contributed by atoms with van der Waals surface area (Å²) in [5, 5.41) is 1.37. The maximum absolute atomic E-state index is 11.8. The summed E-state index contributed by atoms with van der Waals surface area (Å²) in [7, 11) is 0. The van der Waals surface area contributed by atoms with E-state index < -0.39 is 12.1 Å². The second kappa shape index (κ2) is 4.24. The van der Waals surface area contributed by atoms with Crippen LogP contribution in [0.1, 0.15) is 0 Å². The van der Waals surface area contributed by atoms with E-state index in [0.717, 1.165) is 12.1 Å². The molecule has 1 heterocycles. The maximum Gasteiger partial charge on any atom is 0.471 e. The molecule has 8 heteroatoms. The normalized spacial score (nSPS) is 11.3. The minimum Gasteiger partial charge on any atom is -0.318 e. The molecule has 0 fully saturated rings. The van der Waals surface area contributed by atoms with Gasteiger partial charge in [0, 0.05) is 5.69 Å². The number of pyridine rings is 1. The van der Waals surface area contributed by atoms with Crippen LogP contribution in [0.15, 0.2) is 12.1 Å². The lowest BCUT2D eigenvalue weighted by molar-refractivity contribution is -0.167. The van der Waals surface area contributed by atoms with Crippen LogP contribution in [0.25, 0.3) is 0 Å². The monoisotopic (exact) mass is 258 g/mol. The molecule has 0 aliphatic carbocycles. The summed E-state index contributed by atoms with van der Waals surface area (Å²) in [6.45, 7) is 0. The minimum atomic E-state index is -4.96. The Morgan fingerprint density at radius 2 is 1.73 bits per heavy atom. The van der Waals surface area contributed by atoms with Gasteiger partial charge in [0.15, 0.2) is 0 Å². The molecule has 0 aromatic carbocycles. The van der Waals surface area contributed by atoms with Gasteiger partial charge >= 0.3 is 12.1 Å². The molecular weight excluding hydrogens is 256 g/mol. The van der Waals surface area contributed by atoms with Gasteiger partial charge in [-0.1, -0.05) is 23.2 Å². The fourth-order valence-corrected chi connectivity index (χ4v) is 1.20. The predicted octanol–water partition coefficient (Wildman–Crippen LogP) is 2.89. The van der Waals surface area contributed by atoms with Crippen molar-refractivity contribution in [1.29, 1.82) is 0 Å². The average Bonchev–Trinajstić information content (AvgIpc) is 1.99. The van der Waals surface area contributed by atoms with E-state index in [1.54, 1.807) is 5.32 Å². The molecule has 1 amide bonds. The van der Waals surface area contributed by atoms with Crippen molar-refractivity contribution >= 4 is 34.8 Å². The van der Waals surface area contributed by atoms with Gasteiger partial charge in [-0.3, -0.25) is 4.79 Å². The zero-order valence-corrected chi connectivity index (χ0v) is 8.41. The molecule has 0 saturated heterocycles. The molecule has 0 atom stereocenters. The van der Waals surface area contributed by atoms with E-state index in [1.807, 2.05) is 0 Å². The molecule has 0 unspecified atom stereocenters. The first kappa shape index (κ1) is 12.1. The molecule has 15 heavy (non-hydrogen) atoms. The van der Waals surface area contributed by atoms with Gasteiger partial charge < -0.3 is 5.32 Å². The summed E-state index contributed by atoms with van der Waals surface area (Å²) in [4.78, 5) is 14.0. The molecule has 82 valence electrons. The van der Waals surface area contributed by atoms with E-state index in [2.05, 4.69) is 4.98 Å². The molecule has 3 nitrogen and oxygen atoms in total. The first-order chi connectivity index (χ1) is 6.79. The topological polar surface area (TPSA) is 42.0 Å². The Labute approximate surface area is 92.2 Å². The number of amides is 1. The van der Waals surface area contributed by atoms with Gasteiger partial charge in [-0.25, -0.2) is 4.98 Å². The molecule has 0 bridgehead atoms. The number of rotatable bonds is 1. The van der Waals surface area contributed by atoms with Crippen molar-refractivity contribution in [2.24, 2.45) is 0 Å². The molecule has 0 spiro atoms. The lowest BCUT2D eigenvalue weighted by atomic mass is 10.4. The number of carbonyl (C=O) groups is 1. The van der Waals surface area contributed by atoms with E-state index in [9.17, 15) is 18.0 Å². The van der Waals surface area contributed by atoms with Crippen molar-refractivity contribution in [3.8, 4) is 0 Å². The molecule has 1 aromatic rings. The Kier molecular flexibility index (Phi) is 3.41. The van der Waals surface area contributed by atoms with Crippen molar-refractivity contribution in [1.82, 2.24) is 4.98 Å². The number of halogens is 5. The molecule has 0 radical (unpaired) electrons. The van der Waals surface area contributed by atoms with E-state index in [4.69, 9.17) is 23.2 Å². The second-order valence-electron chi connectivity index (χ2n) is 2.45. The number of hydrogen-bond donors (Lipinski definition) is 1. The van der Waals surface area contributed by atoms with Crippen molar-refractivity contribution in [3.63, 3.8) is 0 Å². The fourth-order valence-electron chi connectivity index (χ4n) is 0.739. The van der Waals surface area contributed by atoms with Crippen LogP contribution in [-0.4, -0.2) is 17.1 Å². The van der Waals surface area contributed by atoms with E-state index in [0.29, 0.717) is 0 Å². The van der Waals surface area contributed by atoms with Gasteiger partial charge in [0.1, 0.15) is 10.3 Å². The maximum atomic E-state index is 11.8. The predicted molar refractivity (Wildman–Crippen MR) is 48.9 cm³/mol. The van der Waals surface area contributed by atoms with Crippen LogP contribution in [0.3, 0.4) is 0 Å². The summed E-state index contributed by atoms with van der Waals surface area (Å²) in [6.07, 6.45) is -4.96. The van der Waals surface area contributed by atoms with Crippen LogP contribution >= 0.6 is 23.2 Å². The Bertz CT molecular complexity index is 374. The second-order valence-corrected chi connectivity index (χ2v) is 3.23. The van der Waals surface area contributed by atoms with E-state index in [-0.39, 0.29) is 16.0 Å². The molecule has 0 aliphatic heterocycles. The lowest BCUT2D eigenvalue weighted by Gasteiger charge is -2.07. The molecule has 1 aromatic heterocycles. The Hall–Kier alpha value is -1.01. The van der Waals surface area contributed by atoms with Crippen LogP contribution in [0.2, 0.25) is 10.3 Å². The summed E-state index contributed by atoms with van der Waals surface area (Å²) in [6, 6.07) is 2.11. The van der Waals surface area contributed by atoms with E-state index in [1.165, 1.54) is 0 Å². The number of alkyl halides is 3. The number of carbonyl (C=O) groups excluding carboxylic acids is 1. The SMILES string of the molecule is O=C(Nc1cc(Cl)nc(Cl)c1)C(F)(F)F. The van der Waals surface area contributed by atoms with Crippen molar-refractivity contribution < 1.29 is 18.0 Å². The quantitative estimate of drug-likeness (QED) is 0.788.